The third-order valence-corrected chi connectivity index (χ3v) is 4.89. The maximum Gasteiger partial charge on any atom is 0.124 e. The van der Waals surface area contributed by atoms with E-state index in [4.69, 9.17) is 32.7 Å². The molecule has 0 spiro atoms. The number of hydrogen-bond donors (Lipinski definition) is 1. The summed E-state index contributed by atoms with van der Waals surface area (Å²) < 4.78 is 11.8. The van der Waals surface area contributed by atoms with E-state index in [-0.39, 0.29) is 5.76 Å². The van der Waals surface area contributed by atoms with Crippen LogP contribution in [0.2, 0.25) is 10.0 Å². The maximum atomic E-state index is 10.1. The van der Waals surface area contributed by atoms with Gasteiger partial charge in [0.15, 0.2) is 0 Å². The topological polar surface area (TPSA) is 38.7 Å². The second-order valence-corrected chi connectivity index (χ2v) is 6.94. The van der Waals surface area contributed by atoms with Crippen LogP contribution >= 0.6 is 23.2 Å². The molecule has 0 unspecified atom stereocenters. The Balaban J connectivity index is 1.80. The molecule has 0 bridgehead atoms. The molecule has 28 heavy (non-hydrogen) atoms. The molecule has 0 aliphatic rings. The summed E-state index contributed by atoms with van der Waals surface area (Å²) in [5.74, 6) is 1.28. The predicted molar refractivity (Wildman–Crippen MR) is 114 cm³/mol. The van der Waals surface area contributed by atoms with Gasteiger partial charge in [-0.3, -0.25) is 0 Å². The summed E-state index contributed by atoms with van der Waals surface area (Å²) in [6, 6.07) is 20.3. The Labute approximate surface area is 174 Å². The fourth-order valence-corrected chi connectivity index (χ4v) is 2.99. The Bertz CT molecular complexity index is 915. The van der Waals surface area contributed by atoms with Crippen LogP contribution in [0.15, 0.2) is 72.8 Å². The van der Waals surface area contributed by atoms with Gasteiger partial charge < -0.3 is 14.6 Å². The van der Waals surface area contributed by atoms with E-state index in [1.54, 1.807) is 31.2 Å². The quantitative estimate of drug-likeness (QED) is 0.420. The molecule has 0 heterocycles. The molecule has 0 amide bonds. The lowest BCUT2D eigenvalue weighted by atomic mass is 10.1. The van der Waals surface area contributed by atoms with E-state index in [9.17, 15) is 5.11 Å². The number of aliphatic hydroxyl groups is 1. The van der Waals surface area contributed by atoms with Gasteiger partial charge in [-0.2, -0.15) is 0 Å². The van der Waals surface area contributed by atoms with E-state index in [0.717, 1.165) is 11.1 Å². The zero-order valence-electron chi connectivity index (χ0n) is 15.4. The Morgan fingerprint density at radius 1 is 0.821 bits per heavy atom. The number of ether oxygens (including phenoxy) is 2. The molecule has 3 rings (SSSR count). The normalized spacial score (nSPS) is 11.3. The Morgan fingerprint density at radius 3 is 1.71 bits per heavy atom. The maximum absolute atomic E-state index is 10.1. The van der Waals surface area contributed by atoms with E-state index < -0.39 is 0 Å². The van der Waals surface area contributed by atoms with Crippen LogP contribution in [0.4, 0.5) is 0 Å². The largest absolute Gasteiger partial charge is 0.508 e. The highest BCUT2D eigenvalue weighted by Crippen LogP contribution is 2.29. The molecule has 3 nitrogen and oxygen atoms in total. The molecule has 0 saturated carbocycles. The first kappa shape index (κ1) is 20.1. The first-order chi connectivity index (χ1) is 13.6. The van der Waals surface area contributed by atoms with Gasteiger partial charge in [0.25, 0.3) is 0 Å². The second-order valence-electron chi connectivity index (χ2n) is 6.13. The minimum atomic E-state index is 0.144. The van der Waals surface area contributed by atoms with Crippen LogP contribution in [0.25, 0.3) is 5.76 Å². The van der Waals surface area contributed by atoms with E-state index >= 15 is 0 Å². The van der Waals surface area contributed by atoms with E-state index in [0.29, 0.717) is 40.3 Å². The molecule has 0 fully saturated rings. The van der Waals surface area contributed by atoms with Gasteiger partial charge in [0.05, 0.1) is 0 Å². The third-order valence-electron chi connectivity index (χ3n) is 4.15. The zero-order chi connectivity index (χ0) is 19.9. The van der Waals surface area contributed by atoms with Crippen LogP contribution in [-0.2, 0) is 13.2 Å². The number of benzene rings is 3. The number of hydrogen-bond acceptors (Lipinski definition) is 3. The minimum Gasteiger partial charge on any atom is -0.508 e. The standard InChI is InChI=1S/C23H20Cl2O3/c1-2-23(26)18-11-19(27-14-16-7-3-5-9-21(16)24)13-20(12-18)28-15-17-8-4-6-10-22(17)25/h2-13,26H,14-15H2,1H3/b23-2-. The number of halogens is 2. The van der Waals surface area contributed by atoms with Crippen molar-refractivity contribution in [1.82, 2.24) is 0 Å². The molecule has 0 atom stereocenters. The van der Waals surface area contributed by atoms with Crippen molar-refractivity contribution in [2.75, 3.05) is 0 Å². The second kappa shape index (κ2) is 9.54. The highest BCUT2D eigenvalue weighted by molar-refractivity contribution is 6.31. The summed E-state index contributed by atoms with van der Waals surface area (Å²) in [6.45, 7) is 2.38. The molecule has 1 N–H and O–H groups in total. The van der Waals surface area contributed by atoms with Crippen molar-refractivity contribution in [3.05, 3.63) is 99.5 Å². The fraction of sp³-hybridized carbons (Fsp3) is 0.130. The average molecular weight is 415 g/mol. The number of aliphatic hydroxyl groups excluding tert-OH is 1. The van der Waals surface area contributed by atoms with Gasteiger partial charge in [-0.15, -0.1) is 0 Å². The first-order valence-electron chi connectivity index (χ1n) is 8.80. The van der Waals surface area contributed by atoms with Crippen LogP contribution in [0.1, 0.15) is 23.6 Å². The minimum absolute atomic E-state index is 0.144. The molecular formula is C23H20Cl2O3. The summed E-state index contributed by atoms with van der Waals surface area (Å²) in [7, 11) is 0. The smallest absolute Gasteiger partial charge is 0.124 e. The molecule has 0 aliphatic carbocycles. The summed E-state index contributed by atoms with van der Waals surface area (Å²) in [4.78, 5) is 0. The van der Waals surface area contributed by atoms with Gasteiger partial charge in [0.2, 0.25) is 0 Å². The van der Waals surface area contributed by atoms with Crippen LogP contribution in [0.5, 0.6) is 11.5 Å². The fourth-order valence-electron chi connectivity index (χ4n) is 2.61. The molecule has 0 aliphatic heterocycles. The molecule has 0 saturated heterocycles. The van der Waals surface area contributed by atoms with Crippen LogP contribution in [0.3, 0.4) is 0 Å². The first-order valence-corrected chi connectivity index (χ1v) is 9.55. The van der Waals surface area contributed by atoms with Gasteiger partial charge in [-0.05, 0) is 37.3 Å². The monoisotopic (exact) mass is 414 g/mol. The average Bonchev–Trinajstić information content (AvgIpc) is 2.72. The number of allylic oxidation sites excluding steroid dienone is 1. The summed E-state index contributed by atoms with van der Waals surface area (Å²) in [5, 5.41) is 11.4. The van der Waals surface area contributed by atoms with Gasteiger partial charge in [0, 0.05) is 32.8 Å². The van der Waals surface area contributed by atoms with Crippen molar-refractivity contribution in [2.24, 2.45) is 0 Å². The molecular weight excluding hydrogens is 395 g/mol. The Kier molecular flexibility index (Phi) is 6.85. The third kappa shape index (κ3) is 5.22. The van der Waals surface area contributed by atoms with Crippen LogP contribution < -0.4 is 9.47 Å². The van der Waals surface area contributed by atoms with Gasteiger partial charge >= 0.3 is 0 Å². The highest BCUT2D eigenvalue weighted by Gasteiger charge is 2.09. The lowest BCUT2D eigenvalue weighted by Crippen LogP contribution is -2.00. The van der Waals surface area contributed by atoms with Crippen molar-refractivity contribution >= 4 is 29.0 Å². The summed E-state index contributed by atoms with van der Waals surface area (Å²) in [5.41, 5.74) is 2.36. The van der Waals surface area contributed by atoms with E-state index in [1.807, 2.05) is 48.5 Å². The van der Waals surface area contributed by atoms with Crippen molar-refractivity contribution in [1.29, 1.82) is 0 Å². The van der Waals surface area contributed by atoms with Gasteiger partial charge in [-0.1, -0.05) is 59.6 Å². The predicted octanol–water partition coefficient (Wildman–Crippen LogP) is 7.07. The highest BCUT2D eigenvalue weighted by atomic mass is 35.5. The van der Waals surface area contributed by atoms with Crippen molar-refractivity contribution in [3.8, 4) is 11.5 Å². The number of rotatable bonds is 7. The molecule has 3 aromatic rings. The van der Waals surface area contributed by atoms with E-state index in [1.165, 1.54) is 0 Å². The van der Waals surface area contributed by atoms with Gasteiger partial charge in [-0.25, -0.2) is 0 Å². The van der Waals surface area contributed by atoms with E-state index in [2.05, 4.69) is 0 Å². The molecule has 3 aromatic carbocycles. The van der Waals surface area contributed by atoms with Crippen molar-refractivity contribution < 1.29 is 14.6 Å². The molecule has 0 radical (unpaired) electrons. The summed E-state index contributed by atoms with van der Waals surface area (Å²) >= 11 is 12.4. The Hall–Kier alpha value is -2.62. The summed E-state index contributed by atoms with van der Waals surface area (Å²) in [6.07, 6.45) is 1.62. The lowest BCUT2D eigenvalue weighted by Gasteiger charge is -2.13. The SMILES string of the molecule is C/C=C(\O)c1cc(OCc2ccccc2Cl)cc(OCc2ccccc2Cl)c1. The van der Waals surface area contributed by atoms with Crippen LogP contribution in [0, 0.1) is 0 Å². The van der Waals surface area contributed by atoms with Crippen LogP contribution in [-0.4, -0.2) is 5.11 Å². The van der Waals surface area contributed by atoms with Gasteiger partial charge in [0.1, 0.15) is 30.5 Å². The lowest BCUT2D eigenvalue weighted by molar-refractivity contribution is 0.289. The zero-order valence-corrected chi connectivity index (χ0v) is 16.9. The van der Waals surface area contributed by atoms with Crippen molar-refractivity contribution in [2.45, 2.75) is 20.1 Å². The molecule has 144 valence electrons. The molecule has 5 heteroatoms. The Morgan fingerprint density at radius 2 is 1.29 bits per heavy atom. The van der Waals surface area contributed by atoms with Crippen molar-refractivity contribution in [3.63, 3.8) is 0 Å². The molecule has 0 aromatic heterocycles.